The largest absolute Gasteiger partial charge is 0.307 e. The molecule has 0 bridgehead atoms. The molecular weight excluding hydrogens is 777 g/mol. The minimum absolute atomic E-state index is 1.12. The Hall–Kier alpha value is -7.98. The first-order valence-electron chi connectivity index (χ1n) is 21.8. The molecule has 0 amide bonds. The number of hydrogen-bond donors (Lipinski definition) is 0. The summed E-state index contributed by atoms with van der Waals surface area (Å²) in [5, 5.41) is 10.4. The van der Waals surface area contributed by atoms with E-state index < -0.39 is 8.07 Å². The second kappa shape index (κ2) is 15.2. The summed E-state index contributed by atoms with van der Waals surface area (Å²) in [6.45, 7) is 0. The van der Waals surface area contributed by atoms with Crippen LogP contribution in [-0.2, 0) is 0 Å². The summed E-state index contributed by atoms with van der Waals surface area (Å²) in [6.07, 6.45) is 0. The summed E-state index contributed by atoms with van der Waals surface area (Å²) in [4.78, 5) is 0. The molecule has 2 aromatic heterocycles. The van der Waals surface area contributed by atoms with Gasteiger partial charge in [0.1, 0.15) is 0 Å². The van der Waals surface area contributed by atoms with Crippen molar-refractivity contribution < 1.29 is 0 Å². The van der Waals surface area contributed by atoms with Gasteiger partial charge in [0.2, 0.25) is 0 Å². The monoisotopic (exact) mass is 818 g/mol. The van der Waals surface area contributed by atoms with E-state index in [1.807, 2.05) is 0 Å². The summed E-state index contributed by atoms with van der Waals surface area (Å²) in [6, 6.07) is 94.4. The first-order valence-corrected chi connectivity index (χ1v) is 23.8. The molecule has 0 radical (unpaired) electrons. The zero-order chi connectivity index (χ0) is 41.7. The third-order valence-corrected chi connectivity index (χ3v) is 17.9. The molecule has 0 atom stereocenters. The molecule has 0 unspecified atom stereocenters. The highest BCUT2D eigenvalue weighted by Crippen LogP contribution is 2.41. The molecule has 0 aliphatic heterocycles. The second-order valence-electron chi connectivity index (χ2n) is 16.4. The molecule has 3 heteroatoms. The topological polar surface area (TPSA) is 9.86 Å². The fourth-order valence-corrected chi connectivity index (χ4v) is 15.4. The molecular formula is C60H42N2Si. The van der Waals surface area contributed by atoms with Gasteiger partial charge in [-0.15, -0.1) is 0 Å². The predicted molar refractivity (Wildman–Crippen MR) is 270 cm³/mol. The maximum atomic E-state index is 2.60. The van der Waals surface area contributed by atoms with Crippen LogP contribution in [0.25, 0.3) is 77.2 Å². The Morgan fingerprint density at radius 3 is 1.27 bits per heavy atom. The lowest BCUT2D eigenvalue weighted by atomic mass is 9.94. The zero-order valence-corrected chi connectivity index (χ0v) is 35.6. The van der Waals surface area contributed by atoms with Crippen LogP contribution in [0.3, 0.4) is 0 Å². The molecule has 0 aliphatic rings. The molecule has 0 saturated carbocycles. The Labute approximate surface area is 368 Å². The van der Waals surface area contributed by atoms with Gasteiger partial charge < -0.3 is 9.13 Å². The molecule has 296 valence electrons. The van der Waals surface area contributed by atoms with Crippen LogP contribution in [0.2, 0.25) is 0 Å². The van der Waals surface area contributed by atoms with Crippen LogP contribution in [0.15, 0.2) is 255 Å². The van der Waals surface area contributed by atoms with Gasteiger partial charge in [0, 0.05) is 27.2 Å². The molecule has 2 heterocycles. The normalized spacial score (nSPS) is 11.8. The summed E-state index contributed by atoms with van der Waals surface area (Å²) >= 11 is 0. The Kier molecular flexibility index (Phi) is 8.87. The minimum atomic E-state index is -2.98. The molecule has 63 heavy (non-hydrogen) atoms. The highest BCUT2D eigenvalue weighted by atomic mass is 28.3. The number of fused-ring (bicyclic) bond motifs is 6. The average Bonchev–Trinajstić information content (AvgIpc) is 3.89. The smallest absolute Gasteiger partial charge is 0.181 e. The summed E-state index contributed by atoms with van der Waals surface area (Å²) in [5.74, 6) is 0. The van der Waals surface area contributed by atoms with Crippen LogP contribution < -0.4 is 20.7 Å². The first kappa shape index (κ1) is 36.8. The lowest BCUT2D eigenvalue weighted by molar-refractivity contribution is 1.13. The van der Waals surface area contributed by atoms with E-state index in [9.17, 15) is 0 Å². The Morgan fingerprint density at radius 1 is 0.286 bits per heavy atom. The Balaban J connectivity index is 1.23. The van der Waals surface area contributed by atoms with Crippen LogP contribution in [0.1, 0.15) is 0 Å². The fraction of sp³-hybridized carbons (Fsp3) is 0. The van der Waals surface area contributed by atoms with Crippen LogP contribution in [0.5, 0.6) is 0 Å². The third kappa shape index (κ3) is 5.78. The quantitative estimate of drug-likeness (QED) is 0.107. The maximum absolute atomic E-state index is 2.98. The van der Waals surface area contributed by atoms with Crippen LogP contribution in [0.4, 0.5) is 0 Å². The van der Waals surface area contributed by atoms with E-state index in [0.717, 1.165) is 11.4 Å². The lowest BCUT2D eigenvalue weighted by Gasteiger charge is -2.35. The van der Waals surface area contributed by atoms with E-state index in [-0.39, 0.29) is 0 Å². The van der Waals surface area contributed by atoms with Crippen molar-refractivity contribution in [3.63, 3.8) is 0 Å². The van der Waals surface area contributed by atoms with E-state index in [4.69, 9.17) is 0 Å². The van der Waals surface area contributed by atoms with Crippen LogP contribution >= 0.6 is 0 Å². The van der Waals surface area contributed by atoms with Gasteiger partial charge in [-0.1, -0.05) is 224 Å². The first-order chi connectivity index (χ1) is 31.3. The van der Waals surface area contributed by atoms with Gasteiger partial charge in [-0.3, -0.25) is 0 Å². The van der Waals surface area contributed by atoms with E-state index in [1.54, 1.807) is 0 Å². The fourth-order valence-electron chi connectivity index (χ4n) is 10.4. The maximum Gasteiger partial charge on any atom is 0.181 e. The van der Waals surface area contributed by atoms with Gasteiger partial charge >= 0.3 is 0 Å². The number of benzene rings is 10. The van der Waals surface area contributed by atoms with Crippen molar-refractivity contribution in [2.75, 3.05) is 0 Å². The second-order valence-corrected chi connectivity index (χ2v) is 20.2. The predicted octanol–water partition coefficient (Wildman–Crippen LogP) is 12.6. The van der Waals surface area contributed by atoms with Crippen molar-refractivity contribution in [1.29, 1.82) is 0 Å². The van der Waals surface area contributed by atoms with Crippen molar-refractivity contribution in [2.45, 2.75) is 0 Å². The molecule has 0 aliphatic carbocycles. The van der Waals surface area contributed by atoms with Gasteiger partial charge in [0.15, 0.2) is 8.07 Å². The average molecular weight is 819 g/mol. The standard InChI is InChI=1S/C60H42N2Si/c1-6-22-43(23-7-1)49-41-40-45(42-54(49)44-24-8-2-9-25-44)61-55-36-18-16-32-50(55)52-34-20-38-57(59(52)61)62-56-37-19-17-33-51(56)53-35-21-39-58(60(53)62)63(46-26-10-3-11-27-46,47-28-12-4-13-29-47)48-30-14-5-15-31-48/h1-42H. The number of aromatic nitrogens is 2. The van der Waals surface area contributed by atoms with E-state index in [1.165, 1.54) is 86.6 Å². The van der Waals surface area contributed by atoms with Crippen LogP contribution in [-0.4, -0.2) is 17.2 Å². The molecule has 0 fully saturated rings. The molecule has 10 aromatic carbocycles. The Morgan fingerprint density at radius 2 is 0.714 bits per heavy atom. The molecule has 0 N–H and O–H groups in total. The molecule has 0 spiro atoms. The van der Waals surface area contributed by atoms with Gasteiger partial charge in [0.05, 0.1) is 27.8 Å². The van der Waals surface area contributed by atoms with E-state index >= 15 is 0 Å². The molecule has 2 nitrogen and oxygen atoms in total. The number of hydrogen-bond acceptors (Lipinski definition) is 0. The van der Waals surface area contributed by atoms with Gasteiger partial charge in [0.25, 0.3) is 0 Å². The number of nitrogens with zero attached hydrogens (tertiary/aromatic N) is 2. The highest BCUT2D eigenvalue weighted by molar-refractivity contribution is 7.20. The third-order valence-electron chi connectivity index (χ3n) is 13.1. The SMILES string of the molecule is c1ccc(-c2ccc(-n3c4ccccc4c4cccc(-n5c6ccccc6c6cccc([Si](c7ccccc7)(c7ccccc7)c7ccccc7)c65)c43)cc2-c2ccccc2)cc1. The Bertz CT molecular complexity index is 3500. The molecule has 12 rings (SSSR count). The highest BCUT2D eigenvalue weighted by Gasteiger charge is 2.43. The summed E-state index contributed by atoms with van der Waals surface area (Å²) in [5.41, 5.74) is 11.8. The van der Waals surface area contributed by atoms with Gasteiger partial charge in [-0.25, -0.2) is 0 Å². The van der Waals surface area contributed by atoms with Crippen molar-refractivity contribution in [3.8, 4) is 33.6 Å². The molecule has 12 aromatic rings. The zero-order valence-electron chi connectivity index (χ0n) is 34.6. The number of rotatable bonds is 8. The minimum Gasteiger partial charge on any atom is -0.307 e. The molecule has 0 saturated heterocycles. The summed E-state index contributed by atoms with van der Waals surface area (Å²) in [7, 11) is -2.98. The van der Waals surface area contributed by atoms with Crippen LogP contribution in [0, 0.1) is 0 Å². The van der Waals surface area contributed by atoms with Gasteiger partial charge in [-0.05, 0) is 73.3 Å². The van der Waals surface area contributed by atoms with Crippen molar-refractivity contribution in [2.24, 2.45) is 0 Å². The number of para-hydroxylation sites is 4. The van der Waals surface area contributed by atoms with Crippen molar-refractivity contribution in [3.05, 3.63) is 255 Å². The summed E-state index contributed by atoms with van der Waals surface area (Å²) < 4.78 is 5.12. The van der Waals surface area contributed by atoms with E-state index in [2.05, 4.69) is 264 Å². The van der Waals surface area contributed by atoms with E-state index in [0.29, 0.717) is 0 Å². The van der Waals surface area contributed by atoms with Crippen molar-refractivity contribution in [1.82, 2.24) is 9.13 Å². The lowest BCUT2D eigenvalue weighted by Crippen LogP contribution is -2.75. The van der Waals surface area contributed by atoms with Gasteiger partial charge in [-0.2, -0.15) is 0 Å². The van der Waals surface area contributed by atoms with Crippen molar-refractivity contribution >= 4 is 72.4 Å².